The molecule has 2 nitrogen and oxygen atoms in total. The quantitative estimate of drug-likeness (QED) is 0.478. The van der Waals surface area contributed by atoms with E-state index in [1.165, 1.54) is 5.56 Å². The Hall–Kier alpha value is -0.840. The van der Waals surface area contributed by atoms with Crippen molar-refractivity contribution in [2.75, 3.05) is 4.43 Å². The van der Waals surface area contributed by atoms with Crippen LogP contribution < -0.4 is 0 Å². The van der Waals surface area contributed by atoms with Crippen molar-refractivity contribution >= 4 is 39.8 Å². The summed E-state index contributed by atoms with van der Waals surface area (Å²) in [6.45, 7) is 3.03. The fraction of sp³-hybridized carbons (Fsp3) is 0.308. The number of carbonyl (C=O) groups excluding carboxylic acids is 1. The second-order valence-electron chi connectivity index (χ2n) is 3.96. The topological polar surface area (TPSA) is 22.0 Å². The summed E-state index contributed by atoms with van der Waals surface area (Å²) >= 11 is 2.38. The third-order valence-corrected chi connectivity index (χ3v) is 3.49. The summed E-state index contributed by atoms with van der Waals surface area (Å²) in [5.74, 6) is 0. The Kier molecular flexibility index (Phi) is 3.63. The van der Waals surface area contributed by atoms with Gasteiger partial charge in [0.1, 0.15) is 0 Å². The van der Waals surface area contributed by atoms with E-state index in [2.05, 4.69) is 52.3 Å². The normalized spacial score (nSPS) is 10.9. The van der Waals surface area contributed by atoms with Crippen LogP contribution in [-0.4, -0.2) is 15.3 Å². The summed E-state index contributed by atoms with van der Waals surface area (Å²) in [4.78, 5) is 11.0. The van der Waals surface area contributed by atoms with Crippen molar-refractivity contribution in [1.29, 1.82) is 0 Å². The highest BCUT2D eigenvalue weighted by molar-refractivity contribution is 14.1. The molecule has 2 aromatic rings. The number of aromatic nitrogens is 1. The number of carbonyl (C=O) groups is 1. The van der Waals surface area contributed by atoms with Gasteiger partial charge in [0, 0.05) is 33.6 Å². The zero-order valence-corrected chi connectivity index (χ0v) is 11.4. The van der Waals surface area contributed by atoms with Crippen LogP contribution in [0.1, 0.15) is 22.3 Å². The molecule has 0 aliphatic heterocycles. The van der Waals surface area contributed by atoms with Crippen LogP contribution in [0.3, 0.4) is 0 Å². The molecule has 0 saturated carbocycles. The zero-order chi connectivity index (χ0) is 11.5. The maximum absolute atomic E-state index is 11.0. The summed E-state index contributed by atoms with van der Waals surface area (Å²) in [5, 5.41) is 1.07. The molecule has 0 fully saturated rings. The van der Waals surface area contributed by atoms with Gasteiger partial charge in [-0.05, 0) is 25.5 Å². The molecule has 0 atom stereocenters. The lowest BCUT2D eigenvalue weighted by molar-refractivity contribution is 0.112. The number of nitrogens with zero attached hydrogens (tertiary/aromatic N) is 1. The number of benzene rings is 1. The molecule has 0 amide bonds. The summed E-state index contributed by atoms with van der Waals surface area (Å²) in [6, 6.07) is 6.28. The largest absolute Gasteiger partial charge is 0.347 e. The minimum absolute atomic E-state index is 0.798. The zero-order valence-electron chi connectivity index (χ0n) is 9.24. The van der Waals surface area contributed by atoms with E-state index in [-0.39, 0.29) is 0 Å². The van der Waals surface area contributed by atoms with Gasteiger partial charge in [0.25, 0.3) is 0 Å². The molecule has 1 heterocycles. The lowest BCUT2D eigenvalue weighted by Crippen LogP contribution is -1.96. The smallest absolute Gasteiger partial charge is 0.152 e. The maximum Gasteiger partial charge on any atom is 0.152 e. The van der Waals surface area contributed by atoms with E-state index in [1.807, 2.05) is 6.20 Å². The van der Waals surface area contributed by atoms with Crippen molar-refractivity contribution < 1.29 is 4.79 Å². The molecule has 0 aliphatic rings. The van der Waals surface area contributed by atoms with Crippen LogP contribution in [0.2, 0.25) is 0 Å². The SMILES string of the molecule is Cc1ccc2c(c1)c(C=O)cn2CCCI. The standard InChI is InChI=1S/C13H14INO/c1-10-3-4-13-12(7-10)11(9-16)8-15(13)6-2-5-14/h3-4,7-9H,2,5-6H2,1H3. The molecule has 0 N–H and O–H groups in total. The van der Waals surface area contributed by atoms with E-state index in [9.17, 15) is 4.79 Å². The van der Waals surface area contributed by atoms with Gasteiger partial charge in [-0.3, -0.25) is 4.79 Å². The third-order valence-electron chi connectivity index (χ3n) is 2.73. The van der Waals surface area contributed by atoms with E-state index < -0.39 is 0 Å². The molecule has 0 aliphatic carbocycles. The van der Waals surface area contributed by atoms with Crippen LogP contribution in [0.15, 0.2) is 24.4 Å². The average Bonchev–Trinajstić information content (AvgIpc) is 2.63. The molecule has 3 heteroatoms. The van der Waals surface area contributed by atoms with Crippen LogP contribution in [0.25, 0.3) is 10.9 Å². The molecule has 16 heavy (non-hydrogen) atoms. The Morgan fingerprint density at radius 3 is 2.94 bits per heavy atom. The Morgan fingerprint density at radius 2 is 2.25 bits per heavy atom. The molecule has 1 aromatic carbocycles. The van der Waals surface area contributed by atoms with Gasteiger partial charge < -0.3 is 4.57 Å². The van der Waals surface area contributed by atoms with Gasteiger partial charge in [-0.25, -0.2) is 0 Å². The molecule has 0 radical (unpaired) electrons. The fourth-order valence-corrected chi connectivity index (χ4v) is 2.29. The number of hydrogen-bond acceptors (Lipinski definition) is 1. The number of aldehydes is 1. The molecule has 0 saturated heterocycles. The highest BCUT2D eigenvalue weighted by Crippen LogP contribution is 2.22. The monoisotopic (exact) mass is 327 g/mol. The second-order valence-corrected chi connectivity index (χ2v) is 5.04. The first-order chi connectivity index (χ1) is 7.76. The van der Waals surface area contributed by atoms with Crippen molar-refractivity contribution in [2.24, 2.45) is 0 Å². The lowest BCUT2D eigenvalue weighted by atomic mass is 10.1. The highest BCUT2D eigenvalue weighted by atomic mass is 127. The highest BCUT2D eigenvalue weighted by Gasteiger charge is 2.07. The number of fused-ring (bicyclic) bond motifs is 1. The number of aryl methyl sites for hydroxylation is 2. The van der Waals surface area contributed by atoms with Gasteiger partial charge in [-0.15, -0.1) is 0 Å². The molecule has 0 bridgehead atoms. The van der Waals surface area contributed by atoms with Crippen molar-refractivity contribution in [3.05, 3.63) is 35.5 Å². The summed E-state index contributed by atoms with van der Waals surface area (Å²) in [6.07, 6.45) is 4.04. The lowest BCUT2D eigenvalue weighted by Gasteiger charge is -2.03. The maximum atomic E-state index is 11.0. The van der Waals surface area contributed by atoms with E-state index in [0.717, 1.165) is 40.1 Å². The summed E-state index contributed by atoms with van der Waals surface area (Å²) < 4.78 is 3.32. The van der Waals surface area contributed by atoms with E-state index in [4.69, 9.17) is 0 Å². The minimum Gasteiger partial charge on any atom is -0.347 e. The van der Waals surface area contributed by atoms with Gasteiger partial charge in [-0.2, -0.15) is 0 Å². The first kappa shape index (κ1) is 11.6. The Balaban J connectivity index is 2.54. The minimum atomic E-state index is 0.798. The second kappa shape index (κ2) is 4.99. The van der Waals surface area contributed by atoms with Crippen molar-refractivity contribution in [1.82, 2.24) is 4.57 Å². The van der Waals surface area contributed by atoms with Crippen LogP contribution in [0.4, 0.5) is 0 Å². The van der Waals surface area contributed by atoms with Crippen LogP contribution in [-0.2, 0) is 6.54 Å². The van der Waals surface area contributed by atoms with Gasteiger partial charge in [0.15, 0.2) is 6.29 Å². The number of hydrogen-bond donors (Lipinski definition) is 0. The van der Waals surface area contributed by atoms with E-state index >= 15 is 0 Å². The number of halogens is 1. The van der Waals surface area contributed by atoms with E-state index in [1.54, 1.807) is 0 Å². The van der Waals surface area contributed by atoms with Gasteiger partial charge in [-0.1, -0.05) is 34.2 Å². The molecule has 2 rings (SSSR count). The predicted octanol–water partition coefficient (Wildman–Crippen LogP) is 3.59. The molecule has 1 aromatic heterocycles. The molecular weight excluding hydrogens is 313 g/mol. The van der Waals surface area contributed by atoms with Gasteiger partial charge in [0.05, 0.1) is 0 Å². The van der Waals surface area contributed by atoms with Crippen LogP contribution in [0.5, 0.6) is 0 Å². The average molecular weight is 327 g/mol. The fourth-order valence-electron chi connectivity index (χ4n) is 1.95. The van der Waals surface area contributed by atoms with Crippen LogP contribution in [0, 0.1) is 6.92 Å². The van der Waals surface area contributed by atoms with Crippen molar-refractivity contribution in [3.8, 4) is 0 Å². The molecule has 0 unspecified atom stereocenters. The van der Waals surface area contributed by atoms with Crippen molar-refractivity contribution in [3.63, 3.8) is 0 Å². The Labute approximate surface area is 109 Å². The van der Waals surface area contributed by atoms with Crippen molar-refractivity contribution in [2.45, 2.75) is 19.9 Å². The van der Waals surface area contributed by atoms with E-state index in [0.29, 0.717) is 0 Å². The molecular formula is C13H14INO. The Morgan fingerprint density at radius 1 is 1.44 bits per heavy atom. The predicted molar refractivity (Wildman–Crippen MR) is 75.6 cm³/mol. The third kappa shape index (κ3) is 2.14. The summed E-state index contributed by atoms with van der Waals surface area (Å²) in [5.41, 5.74) is 3.16. The van der Waals surface area contributed by atoms with Gasteiger partial charge >= 0.3 is 0 Å². The van der Waals surface area contributed by atoms with Crippen LogP contribution >= 0.6 is 22.6 Å². The first-order valence-electron chi connectivity index (χ1n) is 5.37. The van der Waals surface area contributed by atoms with Gasteiger partial charge in [0.2, 0.25) is 0 Å². The number of alkyl halides is 1. The Bertz CT molecular complexity index is 516. The number of rotatable bonds is 4. The molecule has 84 valence electrons. The first-order valence-corrected chi connectivity index (χ1v) is 6.89. The summed E-state index contributed by atoms with van der Waals surface area (Å²) in [7, 11) is 0. The molecule has 0 spiro atoms.